The molecule has 0 saturated heterocycles. The van der Waals surface area contributed by atoms with Gasteiger partial charge < -0.3 is 14.8 Å². The molecule has 11 heteroatoms. The van der Waals surface area contributed by atoms with Crippen molar-refractivity contribution in [3.05, 3.63) is 98.5 Å². The molecular weight excluding hydrogens is 499 g/mol. The number of aromatic nitrogens is 1. The average Bonchev–Trinajstić information content (AvgIpc) is 2.81. The molecule has 192 valence electrons. The number of nitrogens with one attached hydrogen (secondary N) is 1. The Hall–Kier alpha value is -4.12. The van der Waals surface area contributed by atoms with Gasteiger partial charge in [0.1, 0.15) is 23.0 Å². The van der Waals surface area contributed by atoms with Crippen molar-refractivity contribution in [3.63, 3.8) is 0 Å². The van der Waals surface area contributed by atoms with Gasteiger partial charge in [-0.25, -0.2) is 18.6 Å². The topological polar surface area (TPSA) is 92.4 Å². The lowest BCUT2D eigenvalue weighted by Gasteiger charge is -2.19. The number of pyridine rings is 1. The lowest BCUT2D eigenvalue weighted by atomic mass is 9.99. The number of carboxylic acid groups (broad SMARTS) is 1. The maximum Gasteiger partial charge on any atom is 0.416 e. The normalized spacial score (nSPS) is 12.6. The maximum atomic E-state index is 14.4. The third-order valence-corrected chi connectivity index (χ3v) is 5.77. The highest BCUT2D eigenvalue weighted by Gasteiger charge is 2.33. The summed E-state index contributed by atoms with van der Waals surface area (Å²) in [7, 11) is 0. The molecule has 1 atom stereocenters. The Bertz CT molecular complexity index is 1580. The van der Waals surface area contributed by atoms with Crippen molar-refractivity contribution < 1.29 is 36.3 Å². The summed E-state index contributed by atoms with van der Waals surface area (Å²) in [5, 5.41) is 12.0. The van der Waals surface area contributed by atoms with E-state index in [0.717, 1.165) is 24.3 Å². The molecule has 0 amide bonds. The van der Waals surface area contributed by atoms with E-state index in [1.165, 1.54) is 13.0 Å². The predicted octanol–water partition coefficient (Wildman–Crippen LogP) is 6.01. The predicted molar refractivity (Wildman–Crippen MR) is 124 cm³/mol. The second kappa shape index (κ2) is 9.74. The van der Waals surface area contributed by atoms with E-state index in [1.54, 1.807) is 13.0 Å². The number of aryl methyl sites for hydroxylation is 1. The van der Waals surface area contributed by atoms with Crippen molar-refractivity contribution in [3.8, 4) is 11.3 Å². The molecule has 0 aliphatic carbocycles. The van der Waals surface area contributed by atoms with Gasteiger partial charge in [0.25, 0.3) is 0 Å². The van der Waals surface area contributed by atoms with E-state index in [4.69, 9.17) is 4.42 Å². The van der Waals surface area contributed by atoms with Gasteiger partial charge in [0.2, 0.25) is 0 Å². The first-order chi connectivity index (χ1) is 17.3. The highest BCUT2D eigenvalue weighted by Crippen LogP contribution is 2.36. The molecule has 2 aromatic heterocycles. The second-order valence-corrected chi connectivity index (χ2v) is 8.41. The summed E-state index contributed by atoms with van der Waals surface area (Å²) < 4.78 is 74.4. The van der Waals surface area contributed by atoms with Gasteiger partial charge in [-0.2, -0.15) is 13.2 Å². The van der Waals surface area contributed by atoms with Crippen LogP contribution in [-0.2, 0) is 12.7 Å². The monoisotopic (exact) mass is 518 g/mol. The molecule has 0 bridgehead atoms. The average molecular weight is 518 g/mol. The lowest BCUT2D eigenvalue weighted by molar-refractivity contribution is -0.137. The van der Waals surface area contributed by atoms with Crippen LogP contribution in [0, 0.1) is 18.6 Å². The number of fused-ring (bicyclic) bond motifs is 1. The quantitative estimate of drug-likeness (QED) is 0.304. The van der Waals surface area contributed by atoms with Crippen molar-refractivity contribution in [1.29, 1.82) is 0 Å². The van der Waals surface area contributed by atoms with E-state index >= 15 is 0 Å². The van der Waals surface area contributed by atoms with E-state index in [-0.39, 0.29) is 45.7 Å². The summed E-state index contributed by atoms with van der Waals surface area (Å²) >= 11 is 0. The molecule has 0 radical (unpaired) electrons. The summed E-state index contributed by atoms with van der Waals surface area (Å²) in [5.74, 6) is -3.44. The number of carboxylic acids is 1. The zero-order chi connectivity index (χ0) is 27.1. The summed E-state index contributed by atoms with van der Waals surface area (Å²) in [4.78, 5) is 28.4. The first kappa shape index (κ1) is 26.0. The van der Waals surface area contributed by atoms with Crippen LogP contribution in [0.4, 0.5) is 22.0 Å². The molecule has 0 aliphatic rings. The van der Waals surface area contributed by atoms with Crippen LogP contribution >= 0.6 is 0 Å². The molecule has 2 aromatic carbocycles. The zero-order valence-electron chi connectivity index (χ0n) is 19.4. The van der Waals surface area contributed by atoms with Crippen molar-refractivity contribution in [2.24, 2.45) is 0 Å². The molecule has 37 heavy (non-hydrogen) atoms. The number of rotatable bonds is 6. The first-order valence-corrected chi connectivity index (χ1v) is 10.9. The summed E-state index contributed by atoms with van der Waals surface area (Å²) in [6.07, 6.45) is -4.78. The third-order valence-electron chi connectivity index (χ3n) is 5.77. The van der Waals surface area contributed by atoms with Crippen molar-refractivity contribution in [2.45, 2.75) is 32.6 Å². The molecule has 2 N–H and O–H groups in total. The van der Waals surface area contributed by atoms with Crippen LogP contribution in [0.25, 0.3) is 22.3 Å². The molecule has 1 unspecified atom stereocenters. The maximum absolute atomic E-state index is 14.4. The number of alkyl halides is 3. The van der Waals surface area contributed by atoms with Crippen LogP contribution in [-0.4, -0.2) is 16.1 Å². The number of nitrogens with zero attached hydrogens (tertiary/aromatic N) is 1. The van der Waals surface area contributed by atoms with Crippen molar-refractivity contribution in [2.75, 3.05) is 0 Å². The molecule has 0 fully saturated rings. The second-order valence-electron chi connectivity index (χ2n) is 8.41. The highest BCUT2D eigenvalue weighted by molar-refractivity contribution is 5.87. The SMILES string of the molecule is Cc1ccc(CNC(C)c2cc(C(F)(F)F)cc3c(=O)cc(-c4ccc(F)cc4F)oc23)c(C(=O)O)n1. The molecule has 0 aliphatic heterocycles. The Labute approximate surface area is 206 Å². The van der Waals surface area contributed by atoms with Gasteiger partial charge in [-0.05, 0) is 49.7 Å². The number of hydrogen-bond donors (Lipinski definition) is 2. The van der Waals surface area contributed by atoms with E-state index in [2.05, 4.69) is 10.3 Å². The molecule has 2 heterocycles. The fourth-order valence-electron chi connectivity index (χ4n) is 3.88. The van der Waals surface area contributed by atoms with E-state index < -0.39 is 40.8 Å². The van der Waals surface area contributed by atoms with Gasteiger partial charge in [0.15, 0.2) is 11.1 Å². The largest absolute Gasteiger partial charge is 0.477 e. The molecule has 0 spiro atoms. The summed E-state index contributed by atoms with van der Waals surface area (Å²) in [5.41, 5.74) is -1.94. The van der Waals surface area contributed by atoms with Crippen molar-refractivity contribution in [1.82, 2.24) is 10.3 Å². The van der Waals surface area contributed by atoms with Gasteiger partial charge in [0.05, 0.1) is 16.5 Å². The van der Waals surface area contributed by atoms with Crippen LogP contribution in [0.5, 0.6) is 0 Å². The lowest BCUT2D eigenvalue weighted by Crippen LogP contribution is -2.22. The summed E-state index contributed by atoms with van der Waals surface area (Å²) in [6.45, 7) is 3.04. The summed E-state index contributed by atoms with van der Waals surface area (Å²) in [6, 6.07) is 7.14. The zero-order valence-corrected chi connectivity index (χ0v) is 19.4. The van der Waals surface area contributed by atoms with Crippen LogP contribution < -0.4 is 10.7 Å². The molecule has 6 nitrogen and oxygen atoms in total. The minimum absolute atomic E-state index is 0.0664. The fraction of sp³-hybridized carbons (Fsp3) is 0.192. The molecule has 4 rings (SSSR count). The third kappa shape index (κ3) is 5.36. The number of halogens is 5. The van der Waals surface area contributed by atoms with Crippen LogP contribution in [0.1, 0.15) is 45.8 Å². The van der Waals surface area contributed by atoms with Gasteiger partial charge in [-0.1, -0.05) is 6.07 Å². The van der Waals surface area contributed by atoms with Crippen LogP contribution in [0.15, 0.2) is 57.7 Å². The number of aromatic carboxylic acids is 1. The Morgan fingerprint density at radius 2 is 1.84 bits per heavy atom. The fourth-order valence-corrected chi connectivity index (χ4v) is 3.88. The number of hydrogen-bond acceptors (Lipinski definition) is 5. The number of carbonyl (C=O) groups is 1. The minimum atomic E-state index is -4.78. The Morgan fingerprint density at radius 1 is 1.11 bits per heavy atom. The minimum Gasteiger partial charge on any atom is -0.477 e. The van der Waals surface area contributed by atoms with Gasteiger partial charge in [0, 0.05) is 36.0 Å². The molecule has 4 aromatic rings. The molecular formula is C26H19F5N2O4. The van der Waals surface area contributed by atoms with E-state index in [0.29, 0.717) is 17.8 Å². The van der Waals surface area contributed by atoms with E-state index in [9.17, 15) is 36.6 Å². The smallest absolute Gasteiger partial charge is 0.416 e. The van der Waals surface area contributed by atoms with Crippen LogP contribution in [0.2, 0.25) is 0 Å². The van der Waals surface area contributed by atoms with Gasteiger partial charge in [-0.15, -0.1) is 0 Å². The van der Waals surface area contributed by atoms with Gasteiger partial charge in [-0.3, -0.25) is 4.79 Å². The Morgan fingerprint density at radius 3 is 2.49 bits per heavy atom. The Balaban J connectivity index is 1.83. The first-order valence-electron chi connectivity index (χ1n) is 10.9. The van der Waals surface area contributed by atoms with E-state index in [1.807, 2.05) is 0 Å². The molecule has 0 saturated carbocycles. The Kier molecular flexibility index (Phi) is 6.83. The number of benzene rings is 2. The standard InChI is InChI=1S/C26H19F5N2O4/c1-12-3-4-14(23(33-12)25(35)36)11-32-13(2)18-7-15(26(29,30)31)8-19-21(34)10-22(37-24(18)19)17-6-5-16(27)9-20(17)28/h3-10,13,32H,11H2,1-2H3,(H,35,36). The highest BCUT2D eigenvalue weighted by atomic mass is 19.4. The van der Waals surface area contributed by atoms with Gasteiger partial charge >= 0.3 is 12.1 Å². The van der Waals surface area contributed by atoms with Crippen molar-refractivity contribution >= 4 is 16.9 Å². The van der Waals surface area contributed by atoms with Crippen LogP contribution in [0.3, 0.4) is 0 Å².